The number of rotatable bonds is 6. The number of alkyl halides is 3. The third-order valence-electron chi connectivity index (χ3n) is 9.20. The van der Waals surface area contributed by atoms with Gasteiger partial charge in [0.05, 0.1) is 11.1 Å². The van der Waals surface area contributed by atoms with Crippen molar-refractivity contribution in [3.63, 3.8) is 0 Å². The number of carbonyl (C=O) groups excluding carboxylic acids is 2. The number of benzene rings is 3. The zero-order valence-electron chi connectivity index (χ0n) is 27.6. The van der Waals surface area contributed by atoms with E-state index in [-0.39, 0.29) is 28.8 Å². The van der Waals surface area contributed by atoms with Gasteiger partial charge in [0, 0.05) is 78.6 Å². The molecule has 1 fully saturated rings. The van der Waals surface area contributed by atoms with Gasteiger partial charge in [0.25, 0.3) is 11.5 Å². The fourth-order valence-electron chi connectivity index (χ4n) is 6.38. The van der Waals surface area contributed by atoms with Crippen LogP contribution >= 0.6 is 0 Å². The molecule has 0 spiro atoms. The van der Waals surface area contributed by atoms with Crippen LogP contribution in [0.5, 0.6) is 0 Å². The molecule has 252 valence electrons. The number of carbonyl (C=O) groups is 2. The number of nitrogens with one attached hydrogen (secondary N) is 1. The molecule has 2 amide bonds. The van der Waals surface area contributed by atoms with Crippen LogP contribution in [0, 0.1) is 13.8 Å². The minimum absolute atomic E-state index is 0.00200. The van der Waals surface area contributed by atoms with Crippen molar-refractivity contribution >= 4 is 34.1 Å². The van der Waals surface area contributed by atoms with E-state index in [4.69, 9.17) is 0 Å². The minimum atomic E-state index is -4.67. The van der Waals surface area contributed by atoms with Gasteiger partial charge in [-0.2, -0.15) is 13.2 Å². The lowest BCUT2D eigenvalue weighted by Crippen LogP contribution is -2.45. The van der Waals surface area contributed by atoms with Gasteiger partial charge in [-0.25, -0.2) is 0 Å². The van der Waals surface area contributed by atoms with E-state index >= 15 is 0 Å². The van der Waals surface area contributed by atoms with Crippen LogP contribution in [0.15, 0.2) is 89.9 Å². The number of anilines is 2. The summed E-state index contributed by atoms with van der Waals surface area (Å²) in [6.45, 7) is 6.07. The Kier molecular flexibility index (Phi) is 9.02. The number of halogens is 3. The van der Waals surface area contributed by atoms with E-state index in [1.165, 1.54) is 13.0 Å². The van der Waals surface area contributed by atoms with Crippen molar-refractivity contribution in [3.05, 3.63) is 118 Å². The number of fused-ring (bicyclic) bond motifs is 1. The molecule has 1 aliphatic rings. The summed E-state index contributed by atoms with van der Waals surface area (Å²) in [5, 5.41) is 3.50. The monoisotopic (exact) mass is 667 g/mol. The van der Waals surface area contributed by atoms with Crippen molar-refractivity contribution < 1.29 is 22.8 Å². The quantitative estimate of drug-likeness (QED) is 0.204. The van der Waals surface area contributed by atoms with E-state index in [1.807, 2.05) is 55.1 Å². The molecule has 0 saturated carbocycles. The van der Waals surface area contributed by atoms with Crippen LogP contribution in [0.3, 0.4) is 0 Å². The minimum Gasteiger partial charge on any atom is -0.371 e. The van der Waals surface area contributed by atoms with E-state index in [1.54, 1.807) is 47.0 Å². The van der Waals surface area contributed by atoms with Crippen LogP contribution in [0.1, 0.15) is 46.9 Å². The van der Waals surface area contributed by atoms with Gasteiger partial charge >= 0.3 is 6.18 Å². The van der Waals surface area contributed by atoms with Gasteiger partial charge in [0.15, 0.2) is 0 Å². The summed E-state index contributed by atoms with van der Waals surface area (Å²) in [6, 6.07) is 21.3. The number of aromatic nitrogens is 2. The molecular formula is C38H36F3N5O3. The molecule has 3 heterocycles. The lowest BCUT2D eigenvalue weighted by atomic mass is 9.99. The summed E-state index contributed by atoms with van der Waals surface area (Å²) in [4.78, 5) is 47.4. The van der Waals surface area contributed by atoms with Gasteiger partial charge in [0.2, 0.25) is 5.91 Å². The first kappa shape index (κ1) is 33.5. The molecule has 5 aromatic rings. The molecule has 0 aliphatic carbocycles. The fraction of sp³-hybridized carbons (Fsp3) is 0.263. The van der Waals surface area contributed by atoms with E-state index in [0.29, 0.717) is 53.9 Å². The van der Waals surface area contributed by atoms with Gasteiger partial charge in [-0.05, 0) is 92.4 Å². The maximum Gasteiger partial charge on any atom is 0.416 e. The van der Waals surface area contributed by atoms with Crippen LogP contribution in [-0.2, 0) is 11.0 Å². The van der Waals surface area contributed by atoms with Crippen molar-refractivity contribution in [2.45, 2.75) is 45.8 Å². The number of pyridine rings is 2. The molecule has 0 atom stereocenters. The Morgan fingerprint density at radius 1 is 0.898 bits per heavy atom. The second-order valence-corrected chi connectivity index (χ2v) is 12.5. The highest BCUT2D eigenvalue weighted by Crippen LogP contribution is 2.35. The highest BCUT2D eigenvalue weighted by Gasteiger charge is 2.33. The lowest BCUT2D eigenvalue weighted by Gasteiger charge is -2.37. The lowest BCUT2D eigenvalue weighted by molar-refractivity contribution is -0.137. The van der Waals surface area contributed by atoms with E-state index in [0.717, 1.165) is 28.8 Å². The SMILES string of the molecule is CC(=O)N(C)C1CCN(c2cc(C(=O)Nc3ccc(C)c(-c4cc5cnc(C)cc5n(-c5ccccc5)c4=O)c3)cc(C(F)(F)F)c2)CC1. The van der Waals surface area contributed by atoms with Gasteiger partial charge in [-0.3, -0.25) is 23.9 Å². The van der Waals surface area contributed by atoms with E-state index < -0.39 is 17.6 Å². The van der Waals surface area contributed by atoms with E-state index in [9.17, 15) is 27.6 Å². The summed E-state index contributed by atoms with van der Waals surface area (Å²) in [5.41, 5.74) is 3.14. The molecule has 6 rings (SSSR count). The zero-order chi connectivity index (χ0) is 35.0. The van der Waals surface area contributed by atoms with Gasteiger partial charge in [0.1, 0.15) is 0 Å². The van der Waals surface area contributed by atoms with Gasteiger partial charge in [-0.15, -0.1) is 0 Å². The Bertz CT molecular complexity index is 2120. The summed E-state index contributed by atoms with van der Waals surface area (Å²) >= 11 is 0. The summed E-state index contributed by atoms with van der Waals surface area (Å²) in [7, 11) is 1.73. The molecule has 11 heteroatoms. The number of nitrogens with zero attached hydrogens (tertiary/aromatic N) is 4. The van der Waals surface area contributed by atoms with Gasteiger partial charge in [-0.1, -0.05) is 24.3 Å². The number of amides is 2. The van der Waals surface area contributed by atoms with Crippen molar-refractivity contribution in [2.75, 3.05) is 30.4 Å². The first-order valence-electron chi connectivity index (χ1n) is 16.0. The van der Waals surface area contributed by atoms with Crippen molar-refractivity contribution in [2.24, 2.45) is 0 Å². The third-order valence-corrected chi connectivity index (χ3v) is 9.20. The standard InChI is InChI=1S/C38H36F3N5O3/c1-23-10-11-29(21-33(23)34-19-27-22-42-24(2)16-35(27)46(37(34)49)31-8-6-5-7-9-31)43-36(48)26-17-28(38(39,40)41)20-32(18-26)45-14-12-30(13-15-45)44(4)25(3)47/h5-11,16-22,30H,12-15H2,1-4H3,(H,43,48). The van der Waals surface area contributed by atoms with Crippen LogP contribution in [0.2, 0.25) is 0 Å². The summed E-state index contributed by atoms with van der Waals surface area (Å²) < 4.78 is 43.8. The van der Waals surface area contributed by atoms with Gasteiger partial charge < -0.3 is 15.1 Å². The average molecular weight is 668 g/mol. The maximum atomic E-state index is 14.1. The number of piperidine rings is 1. The molecule has 2 aromatic heterocycles. The number of para-hydroxylation sites is 1. The normalized spacial score (nSPS) is 13.8. The van der Waals surface area contributed by atoms with Crippen molar-refractivity contribution in [1.29, 1.82) is 0 Å². The molecule has 0 bridgehead atoms. The van der Waals surface area contributed by atoms with E-state index in [2.05, 4.69) is 10.3 Å². The molecule has 1 N–H and O–H groups in total. The second kappa shape index (κ2) is 13.2. The van der Waals surface area contributed by atoms with Crippen molar-refractivity contribution in [3.8, 4) is 16.8 Å². The Balaban J connectivity index is 1.34. The average Bonchev–Trinajstić information content (AvgIpc) is 3.08. The Morgan fingerprint density at radius 2 is 1.61 bits per heavy atom. The first-order valence-corrected chi connectivity index (χ1v) is 16.0. The molecule has 1 saturated heterocycles. The molecule has 49 heavy (non-hydrogen) atoms. The Labute approximate surface area is 281 Å². The third kappa shape index (κ3) is 6.92. The molecular weight excluding hydrogens is 631 g/mol. The summed E-state index contributed by atoms with van der Waals surface area (Å²) in [6.07, 6.45) is -1.77. The maximum absolute atomic E-state index is 14.1. The Hall–Kier alpha value is -5.45. The predicted octanol–water partition coefficient (Wildman–Crippen LogP) is 7.39. The predicted molar refractivity (Wildman–Crippen MR) is 185 cm³/mol. The topological polar surface area (TPSA) is 87.5 Å². The Morgan fingerprint density at radius 3 is 2.29 bits per heavy atom. The molecule has 0 radical (unpaired) electrons. The van der Waals surface area contributed by atoms with Crippen LogP contribution < -0.4 is 15.8 Å². The molecule has 3 aromatic carbocycles. The highest BCUT2D eigenvalue weighted by atomic mass is 19.4. The molecule has 0 unspecified atom stereocenters. The number of aryl methyl sites for hydroxylation is 2. The van der Waals surface area contributed by atoms with Crippen LogP contribution in [0.4, 0.5) is 24.5 Å². The largest absolute Gasteiger partial charge is 0.416 e. The van der Waals surface area contributed by atoms with Crippen LogP contribution in [0.25, 0.3) is 27.7 Å². The first-order chi connectivity index (χ1) is 23.3. The van der Waals surface area contributed by atoms with Crippen LogP contribution in [-0.4, -0.2) is 52.4 Å². The number of hydrogen-bond donors (Lipinski definition) is 1. The smallest absolute Gasteiger partial charge is 0.371 e. The summed E-state index contributed by atoms with van der Waals surface area (Å²) in [5.74, 6) is -0.779. The molecule has 1 aliphatic heterocycles. The zero-order valence-corrected chi connectivity index (χ0v) is 27.6. The number of hydrogen-bond acceptors (Lipinski definition) is 5. The second-order valence-electron chi connectivity index (χ2n) is 12.5. The fourth-order valence-corrected chi connectivity index (χ4v) is 6.38. The molecule has 8 nitrogen and oxygen atoms in total. The highest BCUT2D eigenvalue weighted by molar-refractivity contribution is 6.05. The van der Waals surface area contributed by atoms with Crippen molar-refractivity contribution in [1.82, 2.24) is 14.5 Å².